The van der Waals surface area contributed by atoms with Crippen LogP contribution in [0.3, 0.4) is 0 Å². The molecule has 18 heavy (non-hydrogen) atoms. The molecule has 2 aliphatic carbocycles. The minimum absolute atomic E-state index is 0.142. The second-order valence-corrected chi connectivity index (χ2v) is 6.34. The molecular weight excluding hydrogens is 316 g/mol. The number of nitrogens with one attached hydrogen (secondary N) is 1. The summed E-state index contributed by atoms with van der Waals surface area (Å²) in [6.45, 7) is 0. The van der Waals surface area contributed by atoms with E-state index in [-0.39, 0.29) is 11.8 Å². The maximum atomic E-state index is 12.2. The Labute approximate surface area is 119 Å². The van der Waals surface area contributed by atoms with Gasteiger partial charge in [0.05, 0.1) is 16.4 Å². The van der Waals surface area contributed by atoms with Crippen molar-refractivity contribution in [3.8, 4) is 0 Å². The summed E-state index contributed by atoms with van der Waals surface area (Å²) in [7, 11) is 0. The van der Waals surface area contributed by atoms with Crippen molar-refractivity contribution < 1.29 is 4.79 Å². The second-order valence-electron chi connectivity index (χ2n) is 5.12. The van der Waals surface area contributed by atoms with Gasteiger partial charge in [-0.2, -0.15) is 0 Å². The molecule has 1 amide bonds. The molecule has 1 aromatic heterocycles. The number of pyridine rings is 1. The average Bonchev–Trinajstić information content (AvgIpc) is 3.08. The second kappa shape index (κ2) is 4.82. The van der Waals surface area contributed by atoms with E-state index in [0.29, 0.717) is 27.1 Å². The molecule has 2 saturated carbocycles. The number of hydrogen-bond donors (Lipinski definition) is 1. The monoisotopic (exact) mass is 328 g/mol. The van der Waals surface area contributed by atoms with Gasteiger partial charge in [-0.05, 0) is 46.7 Å². The lowest BCUT2D eigenvalue weighted by atomic mass is 10.0. The first-order valence-electron chi connectivity index (χ1n) is 6.29. The van der Waals surface area contributed by atoms with E-state index in [4.69, 9.17) is 11.6 Å². The molecule has 0 bridgehead atoms. The number of anilines is 1. The van der Waals surface area contributed by atoms with Crippen LogP contribution in [0.2, 0.25) is 5.15 Å². The minimum atomic E-state index is 0.142. The first kappa shape index (κ1) is 12.4. The van der Waals surface area contributed by atoms with Gasteiger partial charge in [0.1, 0.15) is 5.15 Å². The third kappa shape index (κ3) is 2.28. The lowest BCUT2D eigenvalue weighted by molar-refractivity contribution is -0.117. The Bertz CT molecular complexity index is 482. The maximum absolute atomic E-state index is 12.2. The summed E-state index contributed by atoms with van der Waals surface area (Å²) in [5.74, 6) is 1.62. The van der Waals surface area contributed by atoms with Gasteiger partial charge in [-0.25, -0.2) is 4.98 Å². The molecule has 5 heteroatoms. The van der Waals surface area contributed by atoms with Crippen molar-refractivity contribution in [3.63, 3.8) is 0 Å². The maximum Gasteiger partial charge on any atom is 0.228 e. The van der Waals surface area contributed by atoms with E-state index in [2.05, 4.69) is 26.2 Å². The number of fused-ring (bicyclic) bond motifs is 1. The highest BCUT2D eigenvalue weighted by Gasteiger charge is 2.54. The van der Waals surface area contributed by atoms with E-state index in [1.54, 1.807) is 12.3 Å². The summed E-state index contributed by atoms with van der Waals surface area (Å²) in [5, 5.41) is 3.35. The van der Waals surface area contributed by atoms with Crippen molar-refractivity contribution >= 4 is 39.1 Å². The zero-order chi connectivity index (χ0) is 12.7. The lowest BCUT2D eigenvalue weighted by Gasteiger charge is -2.05. The first-order chi connectivity index (χ1) is 8.66. The van der Waals surface area contributed by atoms with Crippen LogP contribution in [0.5, 0.6) is 0 Å². The highest BCUT2D eigenvalue weighted by atomic mass is 79.9. The van der Waals surface area contributed by atoms with Gasteiger partial charge in [0.15, 0.2) is 0 Å². The summed E-state index contributed by atoms with van der Waals surface area (Å²) >= 11 is 9.12. The molecular formula is C13H14BrClN2O. The summed E-state index contributed by atoms with van der Waals surface area (Å²) in [6.07, 6.45) is 6.58. The van der Waals surface area contributed by atoms with Gasteiger partial charge in [0.25, 0.3) is 0 Å². The normalized spacial score (nSPS) is 29.6. The number of aromatic nitrogens is 1. The molecule has 2 atom stereocenters. The smallest absolute Gasteiger partial charge is 0.228 e. The third-order valence-corrected chi connectivity index (χ3v) is 5.16. The Hall–Kier alpha value is -0.610. The third-order valence-electron chi connectivity index (χ3n) is 4.02. The Morgan fingerprint density at radius 3 is 2.67 bits per heavy atom. The number of carbonyl (C=O) groups is 1. The summed E-state index contributed by atoms with van der Waals surface area (Å²) in [4.78, 5) is 16.2. The highest BCUT2D eigenvalue weighted by molar-refractivity contribution is 9.10. The fourth-order valence-corrected chi connectivity index (χ4v) is 3.55. The highest BCUT2D eigenvalue weighted by Crippen LogP contribution is 2.55. The van der Waals surface area contributed by atoms with Crippen LogP contribution in [0.25, 0.3) is 0 Å². The molecule has 1 aromatic rings. The summed E-state index contributed by atoms with van der Waals surface area (Å²) < 4.78 is 0.704. The van der Waals surface area contributed by atoms with Crippen LogP contribution in [0, 0.1) is 17.8 Å². The van der Waals surface area contributed by atoms with Gasteiger partial charge >= 0.3 is 0 Å². The van der Waals surface area contributed by atoms with Crippen molar-refractivity contribution in [1.82, 2.24) is 4.98 Å². The summed E-state index contributed by atoms with van der Waals surface area (Å²) in [5.41, 5.74) is 0.708. The van der Waals surface area contributed by atoms with Gasteiger partial charge in [-0.15, -0.1) is 0 Å². The first-order valence-corrected chi connectivity index (χ1v) is 7.46. The van der Waals surface area contributed by atoms with E-state index in [0.717, 1.165) is 0 Å². The van der Waals surface area contributed by atoms with E-state index in [1.807, 2.05) is 0 Å². The van der Waals surface area contributed by atoms with Gasteiger partial charge in [-0.3, -0.25) is 4.79 Å². The van der Waals surface area contributed by atoms with Crippen LogP contribution in [0.15, 0.2) is 16.7 Å². The number of carbonyl (C=O) groups excluding carboxylic acids is 1. The van der Waals surface area contributed by atoms with Gasteiger partial charge < -0.3 is 5.32 Å². The van der Waals surface area contributed by atoms with Crippen molar-refractivity contribution in [2.24, 2.45) is 17.8 Å². The number of amides is 1. The predicted octanol–water partition coefficient (Wildman–Crippen LogP) is 3.87. The van der Waals surface area contributed by atoms with Crippen molar-refractivity contribution in [2.75, 3.05) is 5.32 Å². The van der Waals surface area contributed by atoms with Crippen LogP contribution in [0.1, 0.15) is 25.7 Å². The molecule has 0 aromatic carbocycles. The van der Waals surface area contributed by atoms with Crippen LogP contribution in [-0.4, -0.2) is 10.9 Å². The van der Waals surface area contributed by atoms with E-state index in [9.17, 15) is 4.79 Å². The standard InChI is InChI=1S/C13H14BrClN2O/c14-10-5-7(6-16-12(10)15)17-13(18)11-8-3-1-2-4-9(8)11/h5-6,8-9,11H,1-4H2,(H,17,18). The number of hydrogen-bond acceptors (Lipinski definition) is 2. The molecule has 0 saturated heterocycles. The SMILES string of the molecule is O=C(Nc1cnc(Cl)c(Br)c1)C1C2CCCCC21. The Morgan fingerprint density at radius 2 is 2.06 bits per heavy atom. The van der Waals surface area contributed by atoms with Crippen molar-refractivity contribution in [1.29, 1.82) is 0 Å². The molecule has 3 nitrogen and oxygen atoms in total. The molecule has 0 aliphatic heterocycles. The zero-order valence-electron chi connectivity index (χ0n) is 9.83. The number of halogens is 2. The average molecular weight is 330 g/mol. The van der Waals surface area contributed by atoms with E-state index >= 15 is 0 Å². The molecule has 3 rings (SSSR count). The Kier molecular flexibility index (Phi) is 3.32. The Balaban J connectivity index is 1.66. The van der Waals surface area contributed by atoms with E-state index in [1.165, 1.54) is 25.7 Å². The number of nitrogens with zero attached hydrogens (tertiary/aromatic N) is 1. The molecule has 1 heterocycles. The number of rotatable bonds is 2. The van der Waals surface area contributed by atoms with Crippen molar-refractivity contribution in [3.05, 3.63) is 21.9 Å². The molecule has 2 aliphatic rings. The molecule has 2 fully saturated rings. The fourth-order valence-electron chi connectivity index (χ4n) is 3.10. The predicted molar refractivity (Wildman–Crippen MR) is 74.5 cm³/mol. The van der Waals surface area contributed by atoms with E-state index < -0.39 is 0 Å². The fraction of sp³-hybridized carbons (Fsp3) is 0.538. The van der Waals surface area contributed by atoms with Gasteiger partial charge in [0, 0.05) is 5.92 Å². The molecule has 0 radical (unpaired) electrons. The molecule has 96 valence electrons. The lowest BCUT2D eigenvalue weighted by Crippen LogP contribution is -2.15. The zero-order valence-corrected chi connectivity index (χ0v) is 12.2. The molecule has 0 spiro atoms. The minimum Gasteiger partial charge on any atom is -0.324 e. The quantitative estimate of drug-likeness (QED) is 0.837. The van der Waals surface area contributed by atoms with Gasteiger partial charge in [0.2, 0.25) is 5.91 Å². The molecule has 2 unspecified atom stereocenters. The van der Waals surface area contributed by atoms with Crippen LogP contribution in [0.4, 0.5) is 5.69 Å². The summed E-state index contributed by atoms with van der Waals surface area (Å²) in [6, 6.07) is 1.79. The van der Waals surface area contributed by atoms with Crippen LogP contribution < -0.4 is 5.32 Å². The largest absolute Gasteiger partial charge is 0.324 e. The van der Waals surface area contributed by atoms with Crippen LogP contribution in [-0.2, 0) is 4.79 Å². The topological polar surface area (TPSA) is 42.0 Å². The molecule has 1 N–H and O–H groups in total. The van der Waals surface area contributed by atoms with Crippen molar-refractivity contribution in [2.45, 2.75) is 25.7 Å². The van der Waals surface area contributed by atoms with Crippen LogP contribution >= 0.6 is 27.5 Å². The van der Waals surface area contributed by atoms with Gasteiger partial charge in [-0.1, -0.05) is 24.4 Å². The Morgan fingerprint density at radius 1 is 1.39 bits per heavy atom.